The molecule has 0 saturated carbocycles. The molecule has 2 N–H and O–H groups in total. The summed E-state index contributed by atoms with van der Waals surface area (Å²) in [5.74, 6) is 0.229. The molecule has 1 aliphatic carbocycles. The zero-order valence-electron chi connectivity index (χ0n) is 14.6. The van der Waals surface area contributed by atoms with Crippen LogP contribution >= 0.6 is 11.3 Å². The van der Waals surface area contributed by atoms with Crippen LogP contribution < -0.4 is 10.2 Å². The van der Waals surface area contributed by atoms with E-state index in [0.717, 1.165) is 29.7 Å². The fraction of sp³-hybridized carbons (Fsp3) is 0.647. The molecule has 5 nitrogen and oxygen atoms in total. The molecule has 1 aromatic heterocycles. The highest BCUT2D eigenvalue weighted by Crippen LogP contribution is 2.40. The van der Waals surface area contributed by atoms with Gasteiger partial charge in [-0.3, -0.25) is 4.79 Å². The van der Waals surface area contributed by atoms with E-state index in [9.17, 15) is 9.59 Å². The van der Waals surface area contributed by atoms with Crippen LogP contribution in [0.1, 0.15) is 48.0 Å². The van der Waals surface area contributed by atoms with Crippen molar-refractivity contribution in [3.8, 4) is 0 Å². The second-order valence-electron chi connectivity index (χ2n) is 6.56. The SMILES string of the molecule is CCOC(=O)c1c(NC(=O)[C@@H](C)[NH+](C)C)sc2c1CC[C@H](C)C2. The van der Waals surface area contributed by atoms with Crippen molar-refractivity contribution in [2.75, 3.05) is 26.0 Å². The zero-order valence-corrected chi connectivity index (χ0v) is 15.4. The van der Waals surface area contributed by atoms with Gasteiger partial charge < -0.3 is 15.0 Å². The standard InChI is InChI=1S/C17H26N2O3S/c1-6-22-17(21)14-12-8-7-10(2)9-13(12)23-16(14)18-15(20)11(3)19(4)5/h10-11H,6-9H2,1-5H3,(H,18,20)/p+1/t10-,11+/m0/s1. The normalized spacial score (nSPS) is 18.4. The Morgan fingerprint density at radius 1 is 1.43 bits per heavy atom. The topological polar surface area (TPSA) is 59.8 Å². The predicted molar refractivity (Wildman–Crippen MR) is 92.4 cm³/mol. The summed E-state index contributed by atoms with van der Waals surface area (Å²) in [6.45, 7) is 6.24. The summed E-state index contributed by atoms with van der Waals surface area (Å²) in [7, 11) is 3.88. The van der Waals surface area contributed by atoms with Gasteiger partial charge in [-0.1, -0.05) is 6.92 Å². The van der Waals surface area contributed by atoms with Gasteiger partial charge in [0.2, 0.25) is 0 Å². The average molecular weight is 339 g/mol. The van der Waals surface area contributed by atoms with Crippen LogP contribution in [0.3, 0.4) is 0 Å². The number of nitrogens with one attached hydrogen (secondary N) is 2. The van der Waals surface area contributed by atoms with Crippen molar-refractivity contribution < 1.29 is 19.2 Å². The quantitative estimate of drug-likeness (QED) is 0.800. The first-order chi connectivity index (χ1) is 10.8. The molecular formula is C17H27N2O3S+. The van der Waals surface area contributed by atoms with Crippen LogP contribution in [0.25, 0.3) is 0 Å². The van der Waals surface area contributed by atoms with E-state index in [1.54, 1.807) is 6.92 Å². The lowest BCUT2D eigenvalue weighted by Crippen LogP contribution is -3.11. The van der Waals surface area contributed by atoms with Gasteiger partial charge in [0.25, 0.3) is 5.91 Å². The molecule has 128 valence electrons. The van der Waals surface area contributed by atoms with Gasteiger partial charge in [-0.2, -0.15) is 0 Å². The molecule has 0 fully saturated rings. The summed E-state index contributed by atoms with van der Waals surface area (Å²) in [6, 6.07) is -0.178. The summed E-state index contributed by atoms with van der Waals surface area (Å²) in [5, 5.41) is 3.61. The largest absolute Gasteiger partial charge is 0.462 e. The van der Waals surface area contributed by atoms with Crippen LogP contribution in [0.15, 0.2) is 0 Å². The van der Waals surface area contributed by atoms with Gasteiger partial charge in [0.05, 0.1) is 26.3 Å². The van der Waals surface area contributed by atoms with Crippen molar-refractivity contribution >= 4 is 28.2 Å². The minimum atomic E-state index is -0.320. The van der Waals surface area contributed by atoms with Crippen molar-refractivity contribution in [1.82, 2.24) is 0 Å². The van der Waals surface area contributed by atoms with Crippen LogP contribution in [-0.4, -0.2) is 38.6 Å². The van der Waals surface area contributed by atoms with Crippen molar-refractivity contribution in [3.63, 3.8) is 0 Å². The number of anilines is 1. The van der Waals surface area contributed by atoms with Crippen molar-refractivity contribution in [3.05, 3.63) is 16.0 Å². The smallest absolute Gasteiger partial charge is 0.341 e. The van der Waals surface area contributed by atoms with E-state index in [-0.39, 0.29) is 17.9 Å². The Kier molecular flexibility index (Phi) is 5.81. The molecule has 0 unspecified atom stereocenters. The summed E-state index contributed by atoms with van der Waals surface area (Å²) < 4.78 is 5.22. The van der Waals surface area contributed by atoms with Crippen molar-refractivity contribution in [2.45, 2.75) is 46.1 Å². The Morgan fingerprint density at radius 2 is 2.13 bits per heavy atom. The number of hydrogen-bond acceptors (Lipinski definition) is 4. The Morgan fingerprint density at radius 3 is 2.74 bits per heavy atom. The van der Waals surface area contributed by atoms with Gasteiger partial charge in [0.1, 0.15) is 5.00 Å². The number of ether oxygens (including phenoxy) is 1. The number of carbonyl (C=O) groups excluding carboxylic acids is 2. The lowest BCUT2D eigenvalue weighted by Gasteiger charge is -2.18. The van der Waals surface area contributed by atoms with Crippen LogP contribution in [0.2, 0.25) is 0 Å². The average Bonchev–Trinajstić information content (AvgIpc) is 2.83. The summed E-state index contributed by atoms with van der Waals surface area (Å²) in [4.78, 5) is 27.0. The highest BCUT2D eigenvalue weighted by Gasteiger charge is 2.30. The minimum absolute atomic E-state index is 0.0674. The van der Waals surface area contributed by atoms with Crippen LogP contribution in [0.4, 0.5) is 5.00 Å². The highest BCUT2D eigenvalue weighted by atomic mass is 32.1. The molecule has 0 radical (unpaired) electrons. The zero-order chi connectivity index (χ0) is 17.1. The number of quaternary nitrogens is 1. The van der Waals surface area contributed by atoms with E-state index >= 15 is 0 Å². The number of rotatable bonds is 5. The number of hydrogen-bond donors (Lipinski definition) is 2. The van der Waals surface area contributed by atoms with Crippen molar-refractivity contribution in [2.24, 2.45) is 5.92 Å². The van der Waals surface area contributed by atoms with Crippen LogP contribution in [-0.2, 0) is 22.4 Å². The fourth-order valence-electron chi connectivity index (χ4n) is 2.74. The van der Waals surface area contributed by atoms with E-state index < -0.39 is 0 Å². The Hall–Kier alpha value is -1.40. The molecule has 6 heteroatoms. The predicted octanol–water partition coefficient (Wildman–Crippen LogP) is 1.52. The molecule has 1 aromatic rings. The fourth-order valence-corrected chi connectivity index (χ4v) is 4.14. The minimum Gasteiger partial charge on any atom is -0.462 e. The number of esters is 1. The third kappa shape index (κ3) is 3.93. The van der Waals surface area contributed by atoms with E-state index in [4.69, 9.17) is 4.74 Å². The van der Waals surface area contributed by atoms with Gasteiger partial charge in [0.15, 0.2) is 6.04 Å². The van der Waals surface area contributed by atoms with E-state index in [0.29, 0.717) is 23.1 Å². The molecule has 0 bridgehead atoms. The lowest BCUT2D eigenvalue weighted by molar-refractivity contribution is -0.873. The van der Waals surface area contributed by atoms with Crippen LogP contribution in [0, 0.1) is 5.92 Å². The van der Waals surface area contributed by atoms with Gasteiger partial charge in [-0.05, 0) is 44.6 Å². The highest BCUT2D eigenvalue weighted by molar-refractivity contribution is 7.17. The number of fused-ring (bicyclic) bond motifs is 1. The van der Waals surface area contributed by atoms with Crippen molar-refractivity contribution in [1.29, 1.82) is 0 Å². The molecule has 1 amide bonds. The van der Waals surface area contributed by atoms with E-state index in [1.165, 1.54) is 16.2 Å². The van der Waals surface area contributed by atoms with Gasteiger partial charge in [-0.25, -0.2) is 4.79 Å². The monoisotopic (exact) mass is 339 g/mol. The van der Waals surface area contributed by atoms with E-state index in [1.807, 2.05) is 21.0 Å². The summed E-state index contributed by atoms with van der Waals surface area (Å²) >= 11 is 1.54. The number of likely N-dealkylation sites (N-methyl/N-ethyl adjacent to an activating group) is 1. The molecule has 2 atom stereocenters. The van der Waals surface area contributed by atoms with Crippen LogP contribution in [0.5, 0.6) is 0 Å². The first kappa shape index (κ1) is 17.9. The second kappa shape index (κ2) is 7.45. The summed E-state index contributed by atoms with van der Waals surface area (Å²) in [6.07, 6.45) is 2.92. The Balaban J connectivity index is 2.34. The second-order valence-corrected chi connectivity index (χ2v) is 7.67. The molecule has 0 aliphatic heterocycles. The molecule has 0 spiro atoms. The first-order valence-electron chi connectivity index (χ1n) is 8.27. The van der Waals surface area contributed by atoms with Gasteiger partial charge >= 0.3 is 5.97 Å². The van der Waals surface area contributed by atoms with Gasteiger partial charge in [-0.15, -0.1) is 11.3 Å². The summed E-state index contributed by atoms with van der Waals surface area (Å²) in [5.41, 5.74) is 1.65. The van der Waals surface area contributed by atoms with E-state index in [2.05, 4.69) is 12.2 Å². The molecule has 0 saturated heterocycles. The Bertz CT molecular complexity index is 595. The maximum absolute atomic E-state index is 12.4. The van der Waals surface area contributed by atoms with Gasteiger partial charge in [0, 0.05) is 4.88 Å². The third-order valence-corrected chi connectivity index (χ3v) is 5.66. The molecule has 23 heavy (non-hydrogen) atoms. The number of amides is 1. The number of thiophene rings is 1. The third-order valence-electron chi connectivity index (χ3n) is 4.49. The first-order valence-corrected chi connectivity index (χ1v) is 9.09. The number of carbonyl (C=O) groups is 2. The molecule has 2 rings (SSSR count). The molecule has 0 aromatic carbocycles. The Labute approximate surface area is 142 Å². The maximum Gasteiger partial charge on any atom is 0.341 e. The molecule has 1 aliphatic rings. The maximum atomic E-state index is 12.4. The molecular weight excluding hydrogens is 312 g/mol. The molecule has 1 heterocycles. The lowest BCUT2D eigenvalue weighted by atomic mass is 9.88.